The van der Waals surface area contributed by atoms with Gasteiger partial charge >= 0.3 is 0 Å². The Hall–Kier alpha value is -3.76. The first-order chi connectivity index (χ1) is 19.4. The van der Waals surface area contributed by atoms with E-state index in [2.05, 4.69) is 67.9 Å². The number of fused-ring (bicyclic) bond motifs is 1. The number of nitrogens with zero attached hydrogens (tertiary/aromatic N) is 6. The van der Waals surface area contributed by atoms with Gasteiger partial charge in [0.25, 0.3) is 11.8 Å². The van der Waals surface area contributed by atoms with Gasteiger partial charge in [0.05, 0.1) is 5.52 Å². The molecule has 10 heteroatoms. The number of nitrogens with one attached hydrogen (secondary N) is 1. The van der Waals surface area contributed by atoms with E-state index in [4.69, 9.17) is 5.73 Å². The molecule has 0 radical (unpaired) electrons. The maximum absolute atomic E-state index is 11.8. The van der Waals surface area contributed by atoms with Crippen molar-refractivity contribution in [3.8, 4) is 0 Å². The van der Waals surface area contributed by atoms with Gasteiger partial charge in [-0.15, -0.1) is 0 Å². The number of nitrogen functional groups attached to an aromatic ring is 1. The molecule has 212 valence electrons. The Morgan fingerprint density at radius 3 is 2.40 bits per heavy atom. The molecule has 2 amide bonds. The zero-order valence-corrected chi connectivity index (χ0v) is 23.6. The van der Waals surface area contributed by atoms with Crippen LogP contribution in [-0.2, 0) is 22.7 Å². The molecule has 3 aromatic rings. The Balaban J connectivity index is 1.17. The maximum atomic E-state index is 11.8. The molecule has 1 saturated heterocycles. The van der Waals surface area contributed by atoms with E-state index in [0.29, 0.717) is 12.5 Å². The lowest BCUT2D eigenvalue weighted by Gasteiger charge is -2.35. The summed E-state index contributed by atoms with van der Waals surface area (Å²) in [5.74, 6) is 0.681. The lowest BCUT2D eigenvalue weighted by Crippen LogP contribution is -2.48. The van der Waals surface area contributed by atoms with E-state index in [1.165, 1.54) is 46.6 Å². The van der Waals surface area contributed by atoms with Gasteiger partial charge in [-0.3, -0.25) is 24.3 Å². The zero-order valence-electron chi connectivity index (χ0n) is 23.6. The van der Waals surface area contributed by atoms with E-state index in [-0.39, 0.29) is 11.8 Å². The molecule has 2 aliphatic rings. The van der Waals surface area contributed by atoms with E-state index in [1.54, 1.807) is 0 Å². The van der Waals surface area contributed by atoms with Crippen molar-refractivity contribution in [2.24, 2.45) is 0 Å². The van der Waals surface area contributed by atoms with Crippen LogP contribution in [-0.4, -0.2) is 86.9 Å². The smallest absolute Gasteiger partial charge is 0.253 e. The van der Waals surface area contributed by atoms with E-state index >= 15 is 0 Å². The first-order valence-electron chi connectivity index (χ1n) is 14.3. The van der Waals surface area contributed by atoms with Gasteiger partial charge in [-0.2, -0.15) is 4.98 Å². The van der Waals surface area contributed by atoms with Gasteiger partial charge < -0.3 is 15.6 Å². The second-order valence-electron chi connectivity index (χ2n) is 10.8. The lowest BCUT2D eigenvalue weighted by molar-refractivity contribution is -0.137. The van der Waals surface area contributed by atoms with Crippen LogP contribution < -0.4 is 11.1 Å². The van der Waals surface area contributed by atoms with Crippen LogP contribution in [0, 0.1) is 6.92 Å². The van der Waals surface area contributed by atoms with Gasteiger partial charge in [0, 0.05) is 77.3 Å². The molecule has 0 spiro atoms. The highest BCUT2D eigenvalue weighted by atomic mass is 16.2. The molecule has 0 bridgehead atoms. The molecule has 10 nitrogen and oxygen atoms in total. The Bertz CT molecular complexity index is 1370. The van der Waals surface area contributed by atoms with Crippen molar-refractivity contribution in [1.29, 1.82) is 0 Å². The van der Waals surface area contributed by atoms with Crippen molar-refractivity contribution in [2.75, 3.05) is 56.9 Å². The van der Waals surface area contributed by atoms with Crippen LogP contribution in [0.3, 0.4) is 0 Å². The molecule has 0 aliphatic carbocycles. The molecule has 1 aromatic carbocycles. The van der Waals surface area contributed by atoms with E-state index in [9.17, 15) is 9.59 Å². The Morgan fingerprint density at radius 1 is 0.925 bits per heavy atom. The number of anilines is 2. The predicted octanol–water partition coefficient (Wildman–Crippen LogP) is 3.01. The quantitative estimate of drug-likeness (QED) is 0.264. The fourth-order valence-electron chi connectivity index (χ4n) is 5.50. The van der Waals surface area contributed by atoms with Gasteiger partial charge in [0.15, 0.2) is 5.82 Å². The first-order valence-corrected chi connectivity index (χ1v) is 14.3. The zero-order chi connectivity index (χ0) is 28.1. The number of carbonyl (C=O) groups is 2. The number of hydrogen-bond acceptors (Lipinski definition) is 8. The lowest BCUT2D eigenvalue weighted by atomic mass is 10.0. The third-order valence-electron chi connectivity index (χ3n) is 7.86. The summed E-state index contributed by atoms with van der Waals surface area (Å²) < 4.78 is 2.21. The van der Waals surface area contributed by atoms with E-state index < -0.39 is 0 Å². The minimum atomic E-state index is -0.204. The molecule has 0 unspecified atom stereocenters. The average Bonchev–Trinajstić information content (AvgIpc) is 3.49. The number of nitrogens with two attached hydrogens (primary N) is 1. The van der Waals surface area contributed by atoms with Crippen LogP contribution >= 0.6 is 0 Å². The molecule has 0 atom stereocenters. The van der Waals surface area contributed by atoms with Crippen molar-refractivity contribution in [1.82, 2.24) is 29.2 Å². The molecule has 40 heavy (non-hydrogen) atoms. The van der Waals surface area contributed by atoms with Crippen LogP contribution in [0.4, 0.5) is 11.8 Å². The third kappa shape index (κ3) is 6.51. The Labute approximate surface area is 235 Å². The van der Waals surface area contributed by atoms with Crippen LogP contribution in [0.25, 0.3) is 11.0 Å². The van der Waals surface area contributed by atoms with Crippen LogP contribution in [0.5, 0.6) is 0 Å². The largest absolute Gasteiger partial charge is 0.368 e. The van der Waals surface area contributed by atoms with E-state index in [1.807, 2.05) is 6.07 Å². The first kappa shape index (κ1) is 27.8. The van der Waals surface area contributed by atoms with Crippen LogP contribution in [0.2, 0.25) is 0 Å². The topological polar surface area (TPSA) is 113 Å². The SMILES string of the molecule is CCCCCNc1nc(N)nc2ccn(Cc3ccc(CN4CCN(CCN5C(=O)C=CC5=O)CC4)cc3C)c12. The summed E-state index contributed by atoms with van der Waals surface area (Å²) in [5.41, 5.74) is 11.7. The number of carbonyl (C=O) groups excluding carboxylic acids is 2. The van der Waals surface area contributed by atoms with Crippen LogP contribution in [0.1, 0.15) is 42.9 Å². The number of aromatic nitrogens is 3. The number of amides is 2. The van der Waals surface area contributed by atoms with Crippen molar-refractivity contribution < 1.29 is 9.59 Å². The fourth-order valence-corrected chi connectivity index (χ4v) is 5.50. The Kier molecular flexibility index (Phi) is 8.76. The van der Waals surface area contributed by atoms with Crippen molar-refractivity contribution in [3.63, 3.8) is 0 Å². The molecule has 4 heterocycles. The number of rotatable bonds is 12. The molecule has 0 saturated carbocycles. The minimum Gasteiger partial charge on any atom is -0.368 e. The number of benzene rings is 1. The number of imide groups is 1. The van der Waals surface area contributed by atoms with Gasteiger partial charge in [-0.25, -0.2) is 4.98 Å². The molecule has 2 aromatic heterocycles. The molecular weight excluding hydrogens is 504 g/mol. The van der Waals surface area contributed by atoms with Crippen molar-refractivity contribution in [3.05, 3.63) is 59.3 Å². The average molecular weight is 545 g/mol. The van der Waals surface area contributed by atoms with Crippen molar-refractivity contribution in [2.45, 2.75) is 46.2 Å². The summed E-state index contributed by atoms with van der Waals surface area (Å²) in [5, 5.41) is 3.48. The third-order valence-corrected chi connectivity index (χ3v) is 7.86. The predicted molar refractivity (Wildman–Crippen MR) is 158 cm³/mol. The fraction of sp³-hybridized carbons (Fsp3) is 0.467. The van der Waals surface area contributed by atoms with Crippen molar-refractivity contribution >= 4 is 34.6 Å². The van der Waals surface area contributed by atoms with E-state index in [0.717, 1.165) is 75.6 Å². The summed E-state index contributed by atoms with van der Waals surface area (Å²) in [6, 6.07) is 8.77. The monoisotopic (exact) mass is 544 g/mol. The van der Waals surface area contributed by atoms with Gasteiger partial charge in [0.2, 0.25) is 5.95 Å². The minimum absolute atomic E-state index is 0.204. The normalized spacial score (nSPS) is 16.5. The Morgan fingerprint density at radius 2 is 1.68 bits per heavy atom. The summed E-state index contributed by atoms with van der Waals surface area (Å²) in [6.07, 6.45) is 8.21. The number of aryl methyl sites for hydroxylation is 1. The summed E-state index contributed by atoms with van der Waals surface area (Å²) in [4.78, 5) is 38.6. The van der Waals surface area contributed by atoms with Crippen LogP contribution in [0.15, 0.2) is 42.6 Å². The number of unbranched alkanes of at least 4 members (excludes halogenated alkanes) is 2. The molecule has 3 N–H and O–H groups in total. The summed E-state index contributed by atoms with van der Waals surface area (Å²) >= 11 is 0. The number of hydrogen-bond donors (Lipinski definition) is 2. The number of piperazine rings is 1. The highest BCUT2D eigenvalue weighted by molar-refractivity contribution is 6.12. The molecule has 5 rings (SSSR count). The summed E-state index contributed by atoms with van der Waals surface area (Å²) in [6.45, 7) is 11.9. The highest BCUT2D eigenvalue weighted by Crippen LogP contribution is 2.25. The standard InChI is InChI=1S/C30H40N8O2/c1-3-4-5-11-32-29-28-25(33-30(31)34-29)10-12-37(28)21-24-7-6-23(19-22(24)2)20-36-15-13-35(14-16-36)17-18-38-26(39)8-9-27(38)40/h6-10,12,19H,3-5,11,13-18,20-21H2,1-2H3,(H3,31,32,33,34). The molecular formula is C30H40N8O2. The second-order valence-corrected chi connectivity index (χ2v) is 10.8. The summed E-state index contributed by atoms with van der Waals surface area (Å²) in [7, 11) is 0. The van der Waals surface area contributed by atoms with Gasteiger partial charge in [-0.1, -0.05) is 38.0 Å². The van der Waals surface area contributed by atoms with Gasteiger partial charge in [-0.05, 0) is 36.1 Å². The highest BCUT2D eigenvalue weighted by Gasteiger charge is 2.25. The molecule has 1 fully saturated rings. The van der Waals surface area contributed by atoms with Gasteiger partial charge in [0.1, 0.15) is 5.52 Å². The molecule has 2 aliphatic heterocycles. The maximum Gasteiger partial charge on any atom is 0.253 e. The second kappa shape index (κ2) is 12.6.